The Balaban J connectivity index is 1.78. The number of likely N-dealkylation sites (N-methyl/N-ethyl adjacent to an activating group) is 1. The highest BCUT2D eigenvalue weighted by Gasteiger charge is 2.28. The zero-order valence-corrected chi connectivity index (χ0v) is 16.4. The minimum atomic E-state index is -3.65. The molecule has 1 aliphatic heterocycles. The zero-order valence-electron chi connectivity index (χ0n) is 15.6. The second-order valence-corrected chi connectivity index (χ2v) is 8.45. The summed E-state index contributed by atoms with van der Waals surface area (Å²) >= 11 is 0. The monoisotopic (exact) mass is 398 g/mol. The lowest BCUT2D eigenvalue weighted by Gasteiger charge is -2.33. The largest absolute Gasteiger partial charge is 0.322 e. The third kappa shape index (κ3) is 4.39. The molecule has 0 unspecified atom stereocenters. The second kappa shape index (κ2) is 8.52. The van der Waals surface area contributed by atoms with Crippen molar-refractivity contribution in [3.8, 4) is 6.07 Å². The fourth-order valence-electron chi connectivity index (χ4n) is 3.10. The van der Waals surface area contributed by atoms with Gasteiger partial charge in [0.05, 0.1) is 16.5 Å². The van der Waals surface area contributed by atoms with Gasteiger partial charge in [0.15, 0.2) is 0 Å². The van der Waals surface area contributed by atoms with Crippen LogP contribution in [0.25, 0.3) is 0 Å². The summed E-state index contributed by atoms with van der Waals surface area (Å²) in [5.74, 6) is -0.428. The maximum atomic E-state index is 12.9. The van der Waals surface area contributed by atoms with Gasteiger partial charge in [0, 0.05) is 37.4 Å². The van der Waals surface area contributed by atoms with E-state index in [1.165, 1.54) is 16.4 Å². The minimum absolute atomic E-state index is 0.107. The lowest BCUT2D eigenvalue weighted by atomic mass is 10.2. The number of nitrogens with one attached hydrogen (secondary N) is 1. The number of hydrogen-bond acceptors (Lipinski definition) is 5. The van der Waals surface area contributed by atoms with Gasteiger partial charge in [-0.2, -0.15) is 9.57 Å². The Morgan fingerprint density at radius 3 is 2.50 bits per heavy atom. The molecular weight excluding hydrogens is 376 g/mol. The fraction of sp³-hybridized carbons (Fsp3) is 0.300. The van der Waals surface area contributed by atoms with Crippen LogP contribution in [-0.2, 0) is 10.0 Å². The van der Waals surface area contributed by atoms with Gasteiger partial charge in [-0.25, -0.2) is 8.42 Å². The van der Waals surface area contributed by atoms with Crippen molar-refractivity contribution in [2.75, 3.05) is 38.0 Å². The topological polar surface area (TPSA) is 93.5 Å². The molecule has 1 amide bonds. The summed E-state index contributed by atoms with van der Waals surface area (Å²) in [6.45, 7) is 5.23. The van der Waals surface area contributed by atoms with E-state index in [-0.39, 0.29) is 10.5 Å². The number of anilines is 1. The predicted octanol–water partition coefficient (Wildman–Crippen LogP) is 2.14. The van der Waals surface area contributed by atoms with Crippen molar-refractivity contribution in [3.05, 3.63) is 59.7 Å². The Morgan fingerprint density at radius 2 is 1.82 bits per heavy atom. The van der Waals surface area contributed by atoms with Crippen LogP contribution >= 0.6 is 0 Å². The van der Waals surface area contributed by atoms with E-state index in [0.29, 0.717) is 37.4 Å². The van der Waals surface area contributed by atoms with Crippen LogP contribution in [0.1, 0.15) is 22.8 Å². The van der Waals surface area contributed by atoms with Crippen molar-refractivity contribution in [2.45, 2.75) is 11.8 Å². The van der Waals surface area contributed by atoms with Gasteiger partial charge in [0.1, 0.15) is 0 Å². The molecule has 1 fully saturated rings. The molecule has 8 heteroatoms. The molecular formula is C20H22N4O3S. The van der Waals surface area contributed by atoms with Gasteiger partial charge in [-0.3, -0.25) is 4.79 Å². The third-order valence-corrected chi connectivity index (χ3v) is 6.66. The number of nitriles is 1. The average molecular weight is 398 g/mol. The van der Waals surface area contributed by atoms with Crippen LogP contribution in [0.5, 0.6) is 0 Å². The molecule has 0 atom stereocenters. The maximum absolute atomic E-state index is 12.9. The summed E-state index contributed by atoms with van der Waals surface area (Å²) in [5.41, 5.74) is 1.16. The van der Waals surface area contributed by atoms with Crippen molar-refractivity contribution < 1.29 is 13.2 Å². The minimum Gasteiger partial charge on any atom is -0.322 e. The van der Waals surface area contributed by atoms with Crippen LogP contribution in [0, 0.1) is 11.3 Å². The molecule has 3 rings (SSSR count). The lowest BCUT2D eigenvalue weighted by molar-refractivity contribution is 0.102. The first-order chi connectivity index (χ1) is 13.4. The molecule has 1 aliphatic rings. The Bertz CT molecular complexity index is 1010. The molecule has 2 aromatic carbocycles. The normalized spacial score (nSPS) is 15.7. The number of sulfonamides is 1. The van der Waals surface area contributed by atoms with Crippen molar-refractivity contribution in [1.29, 1.82) is 5.26 Å². The number of carbonyl (C=O) groups is 1. The van der Waals surface area contributed by atoms with E-state index in [0.717, 1.165) is 6.54 Å². The number of hydrogen-bond donors (Lipinski definition) is 1. The Kier molecular flexibility index (Phi) is 6.09. The van der Waals surface area contributed by atoms with Gasteiger partial charge in [-0.15, -0.1) is 0 Å². The Labute approximate surface area is 165 Å². The van der Waals surface area contributed by atoms with Crippen molar-refractivity contribution in [3.63, 3.8) is 0 Å². The first-order valence-electron chi connectivity index (χ1n) is 9.08. The Morgan fingerprint density at radius 1 is 1.11 bits per heavy atom. The van der Waals surface area contributed by atoms with Crippen LogP contribution in [0.15, 0.2) is 53.4 Å². The lowest BCUT2D eigenvalue weighted by Crippen LogP contribution is -2.48. The van der Waals surface area contributed by atoms with E-state index >= 15 is 0 Å². The van der Waals surface area contributed by atoms with Crippen LogP contribution in [0.4, 0.5) is 5.69 Å². The van der Waals surface area contributed by atoms with Gasteiger partial charge in [0.2, 0.25) is 10.0 Å². The van der Waals surface area contributed by atoms with E-state index in [2.05, 4.69) is 17.1 Å². The number of amides is 1. The SMILES string of the molecule is CCN1CCN(S(=O)(=O)c2cccc(C(=O)Nc3cccc(C#N)c3)c2)CC1. The molecule has 0 aliphatic carbocycles. The van der Waals surface area contributed by atoms with E-state index in [9.17, 15) is 13.2 Å². The summed E-state index contributed by atoms with van der Waals surface area (Å²) in [7, 11) is -3.65. The first kappa shape index (κ1) is 20.0. The van der Waals surface area contributed by atoms with Gasteiger partial charge in [-0.1, -0.05) is 19.1 Å². The first-order valence-corrected chi connectivity index (χ1v) is 10.5. The number of carbonyl (C=O) groups excluding carboxylic acids is 1. The quantitative estimate of drug-likeness (QED) is 0.833. The molecule has 0 radical (unpaired) electrons. The second-order valence-electron chi connectivity index (χ2n) is 6.51. The fourth-order valence-corrected chi connectivity index (χ4v) is 4.57. The molecule has 7 nitrogen and oxygen atoms in total. The van der Waals surface area contributed by atoms with Crippen molar-refractivity contribution in [1.82, 2.24) is 9.21 Å². The molecule has 0 bridgehead atoms. The third-order valence-electron chi connectivity index (χ3n) is 4.76. The van der Waals surface area contributed by atoms with Crippen LogP contribution in [-0.4, -0.2) is 56.3 Å². The smallest absolute Gasteiger partial charge is 0.255 e. The zero-order chi connectivity index (χ0) is 20.1. The summed E-state index contributed by atoms with van der Waals surface area (Å²) in [4.78, 5) is 14.8. The van der Waals surface area contributed by atoms with Crippen molar-refractivity contribution in [2.24, 2.45) is 0 Å². The summed E-state index contributed by atoms with van der Waals surface area (Å²) in [6, 6.07) is 14.6. The predicted molar refractivity (Wildman–Crippen MR) is 106 cm³/mol. The van der Waals surface area contributed by atoms with Crippen LogP contribution < -0.4 is 5.32 Å². The molecule has 146 valence electrons. The highest BCUT2D eigenvalue weighted by atomic mass is 32.2. The molecule has 2 aromatic rings. The molecule has 0 saturated carbocycles. The van der Waals surface area contributed by atoms with E-state index in [1.54, 1.807) is 36.4 Å². The van der Waals surface area contributed by atoms with Gasteiger partial charge in [-0.05, 0) is 42.9 Å². The standard InChI is InChI=1S/C20H22N4O3S/c1-2-23-9-11-24(12-10-23)28(26,27)19-8-4-6-17(14-19)20(25)22-18-7-3-5-16(13-18)15-21/h3-8,13-14H,2,9-12H2,1H3,(H,22,25). The number of rotatable bonds is 5. The van der Waals surface area contributed by atoms with Gasteiger partial charge >= 0.3 is 0 Å². The molecule has 0 spiro atoms. The van der Waals surface area contributed by atoms with Crippen LogP contribution in [0.2, 0.25) is 0 Å². The average Bonchev–Trinajstić information content (AvgIpc) is 2.74. The molecule has 0 aromatic heterocycles. The van der Waals surface area contributed by atoms with Gasteiger partial charge in [0.25, 0.3) is 5.91 Å². The number of nitrogens with zero attached hydrogens (tertiary/aromatic N) is 3. The summed E-state index contributed by atoms with van der Waals surface area (Å²) < 4.78 is 27.3. The van der Waals surface area contributed by atoms with Crippen molar-refractivity contribution >= 4 is 21.6 Å². The molecule has 1 saturated heterocycles. The van der Waals surface area contributed by atoms with Crippen LogP contribution in [0.3, 0.4) is 0 Å². The van der Waals surface area contributed by atoms with E-state index in [1.807, 2.05) is 6.07 Å². The highest BCUT2D eigenvalue weighted by molar-refractivity contribution is 7.89. The maximum Gasteiger partial charge on any atom is 0.255 e. The molecule has 28 heavy (non-hydrogen) atoms. The number of benzene rings is 2. The molecule has 1 heterocycles. The van der Waals surface area contributed by atoms with Gasteiger partial charge < -0.3 is 10.2 Å². The highest BCUT2D eigenvalue weighted by Crippen LogP contribution is 2.20. The van der Waals surface area contributed by atoms with E-state index < -0.39 is 15.9 Å². The summed E-state index contributed by atoms with van der Waals surface area (Å²) in [6.07, 6.45) is 0. The Hall–Kier alpha value is -2.73. The summed E-state index contributed by atoms with van der Waals surface area (Å²) in [5, 5.41) is 11.7. The van der Waals surface area contributed by atoms with E-state index in [4.69, 9.17) is 5.26 Å². The molecule has 1 N–H and O–H groups in total. The number of piperazine rings is 1.